The number of aliphatic hydroxyl groups is 6. The number of nitrogens with one attached hydrogen (secondary N) is 1. The minimum atomic E-state index is -5.07. The highest BCUT2D eigenvalue weighted by Gasteiger charge is 2.51. The molecule has 1 aliphatic carbocycles. The Kier molecular flexibility index (Phi) is 34.8. The molecule has 9 atom stereocenters. The summed E-state index contributed by atoms with van der Waals surface area (Å²) in [5.74, 6) is -0.338. The van der Waals surface area contributed by atoms with Gasteiger partial charge in [-0.05, 0) is 19.3 Å². The summed E-state index contributed by atoms with van der Waals surface area (Å²) in [7, 11) is -5.07. The van der Waals surface area contributed by atoms with Crippen molar-refractivity contribution < 1.29 is 53.9 Å². The number of carbonyl (C=O) groups is 1. The van der Waals surface area contributed by atoms with E-state index in [-0.39, 0.29) is 12.3 Å². The zero-order valence-corrected chi connectivity index (χ0v) is 38.2. The topological polar surface area (TPSA) is 206 Å². The van der Waals surface area contributed by atoms with E-state index in [4.69, 9.17) is 9.05 Å². The zero-order chi connectivity index (χ0) is 43.6. The normalized spacial score (nSPS) is 23.1. The SMILES string of the molecule is CCCCCCCCCCC/C=C/[C@@H](O)[C@H](COP(=O)(O)OC1C(O)C(O)C(O)[C@@H](O)C1O)NC(=O)CCCCCCCCCCCCCCCCCCCCCCC. The number of unbranched alkanes of at least 4 members (excludes halogenated alkanes) is 29. The van der Waals surface area contributed by atoms with E-state index in [1.165, 1.54) is 154 Å². The van der Waals surface area contributed by atoms with Gasteiger partial charge in [-0.3, -0.25) is 13.8 Å². The number of hydrogen-bond acceptors (Lipinski definition) is 10. The minimum Gasteiger partial charge on any atom is -0.387 e. The number of rotatable bonds is 40. The molecule has 0 spiro atoms. The number of aliphatic hydroxyl groups excluding tert-OH is 6. The second kappa shape index (κ2) is 36.6. The van der Waals surface area contributed by atoms with Crippen LogP contribution in [0.5, 0.6) is 0 Å². The lowest BCUT2D eigenvalue weighted by Gasteiger charge is -2.41. The standard InChI is InChI=1S/C46H90NO11P/c1-3-5-7-9-11-13-15-16-17-18-19-20-21-22-23-24-26-28-30-32-34-36-40(49)47-38(39(48)35-33-31-29-27-25-14-12-10-8-6-4-2)37-57-59(55,56)58-46-44(53)42(51)41(50)43(52)45(46)54/h33,35,38-39,41-46,48,50-54H,3-32,34,36-37H2,1-2H3,(H,47,49)(H,55,56)/b35-33+/t38-,39+,41?,42+,43?,44?,45?,46?/m0/s1. The van der Waals surface area contributed by atoms with Crippen LogP contribution in [0, 0.1) is 0 Å². The fourth-order valence-corrected chi connectivity index (χ4v) is 8.81. The van der Waals surface area contributed by atoms with Crippen molar-refractivity contribution in [1.82, 2.24) is 5.32 Å². The Morgan fingerprint density at radius 1 is 0.559 bits per heavy atom. The molecule has 0 heterocycles. The van der Waals surface area contributed by atoms with Crippen LogP contribution in [-0.4, -0.2) is 96.8 Å². The third kappa shape index (κ3) is 28.4. The summed E-state index contributed by atoms with van der Waals surface area (Å²) >= 11 is 0. The van der Waals surface area contributed by atoms with Gasteiger partial charge in [-0.2, -0.15) is 0 Å². The van der Waals surface area contributed by atoms with Crippen LogP contribution in [0.1, 0.15) is 219 Å². The third-order valence-corrected chi connectivity index (χ3v) is 12.8. The minimum absolute atomic E-state index is 0.219. The smallest absolute Gasteiger partial charge is 0.387 e. The molecule has 1 amide bonds. The van der Waals surface area contributed by atoms with Crippen LogP contribution in [0.15, 0.2) is 12.2 Å². The zero-order valence-electron chi connectivity index (χ0n) is 37.3. The molecule has 59 heavy (non-hydrogen) atoms. The molecule has 8 N–H and O–H groups in total. The van der Waals surface area contributed by atoms with Gasteiger partial charge in [0.25, 0.3) is 0 Å². The maximum absolute atomic E-state index is 12.9. The summed E-state index contributed by atoms with van der Waals surface area (Å²) in [5.41, 5.74) is 0. The molecule has 0 aromatic carbocycles. The van der Waals surface area contributed by atoms with E-state index in [0.717, 1.165) is 44.9 Å². The Bertz CT molecular complexity index is 1050. The van der Waals surface area contributed by atoms with Crippen molar-refractivity contribution in [3.05, 3.63) is 12.2 Å². The van der Waals surface area contributed by atoms with Gasteiger partial charge in [-0.15, -0.1) is 0 Å². The average molecular weight is 864 g/mol. The molecule has 1 fully saturated rings. The van der Waals surface area contributed by atoms with Crippen LogP contribution in [0.3, 0.4) is 0 Å². The second-order valence-electron chi connectivity index (χ2n) is 17.3. The van der Waals surface area contributed by atoms with Gasteiger partial charge in [0.1, 0.15) is 36.6 Å². The van der Waals surface area contributed by atoms with Crippen LogP contribution < -0.4 is 5.32 Å². The molecule has 0 bridgehead atoms. The first-order valence-electron chi connectivity index (χ1n) is 24.1. The number of carbonyl (C=O) groups excluding carboxylic acids is 1. The van der Waals surface area contributed by atoms with Crippen molar-refractivity contribution in [1.29, 1.82) is 0 Å². The molecule has 0 aromatic rings. The Hall–Kier alpha value is -0.920. The fourth-order valence-electron chi connectivity index (χ4n) is 7.84. The first-order chi connectivity index (χ1) is 28.4. The summed E-state index contributed by atoms with van der Waals surface area (Å²) in [6.45, 7) is 3.83. The highest BCUT2D eigenvalue weighted by atomic mass is 31.2. The van der Waals surface area contributed by atoms with Gasteiger partial charge in [0.05, 0.1) is 18.8 Å². The van der Waals surface area contributed by atoms with Gasteiger partial charge < -0.3 is 40.8 Å². The third-order valence-electron chi connectivity index (χ3n) is 11.8. The summed E-state index contributed by atoms with van der Waals surface area (Å²) in [6.07, 6.45) is 28.7. The Morgan fingerprint density at radius 3 is 1.29 bits per heavy atom. The van der Waals surface area contributed by atoms with Crippen molar-refractivity contribution in [2.45, 2.75) is 268 Å². The Labute approximate surface area is 359 Å². The monoisotopic (exact) mass is 864 g/mol. The molecule has 350 valence electrons. The lowest BCUT2D eigenvalue weighted by Crippen LogP contribution is -2.64. The number of allylic oxidation sites excluding steroid dienone is 1. The molecule has 0 saturated heterocycles. The van der Waals surface area contributed by atoms with Gasteiger partial charge in [-0.1, -0.05) is 206 Å². The van der Waals surface area contributed by atoms with E-state index in [1.807, 2.05) is 6.08 Å². The highest BCUT2D eigenvalue weighted by molar-refractivity contribution is 7.47. The molecule has 0 radical (unpaired) electrons. The van der Waals surface area contributed by atoms with E-state index >= 15 is 0 Å². The number of hydrogen-bond donors (Lipinski definition) is 8. The molecule has 1 aliphatic rings. The summed E-state index contributed by atoms with van der Waals surface area (Å²) in [6, 6.07) is -1.11. The van der Waals surface area contributed by atoms with Crippen molar-refractivity contribution >= 4 is 13.7 Å². The molecular weight excluding hydrogens is 773 g/mol. The quantitative estimate of drug-likeness (QED) is 0.0166. The Balaban J connectivity index is 2.39. The van der Waals surface area contributed by atoms with Crippen molar-refractivity contribution in [3.63, 3.8) is 0 Å². The highest BCUT2D eigenvalue weighted by Crippen LogP contribution is 2.47. The van der Waals surface area contributed by atoms with E-state index in [0.29, 0.717) is 6.42 Å². The maximum Gasteiger partial charge on any atom is 0.472 e. The predicted molar refractivity (Wildman–Crippen MR) is 237 cm³/mol. The lowest BCUT2D eigenvalue weighted by molar-refractivity contribution is -0.220. The first kappa shape index (κ1) is 56.1. The molecule has 0 aliphatic heterocycles. The Morgan fingerprint density at radius 2 is 0.898 bits per heavy atom. The first-order valence-corrected chi connectivity index (χ1v) is 25.6. The molecular formula is C46H90NO11P. The van der Waals surface area contributed by atoms with Crippen molar-refractivity contribution in [2.24, 2.45) is 0 Å². The van der Waals surface area contributed by atoms with E-state index < -0.39 is 63.2 Å². The fraction of sp³-hybridized carbons (Fsp3) is 0.935. The largest absolute Gasteiger partial charge is 0.472 e. The number of phosphoric ester groups is 1. The molecule has 0 aromatic heterocycles. The molecule has 13 heteroatoms. The van der Waals surface area contributed by atoms with Crippen LogP contribution in [0.25, 0.3) is 0 Å². The van der Waals surface area contributed by atoms with Gasteiger partial charge >= 0.3 is 7.82 Å². The van der Waals surface area contributed by atoms with E-state index in [2.05, 4.69) is 19.2 Å². The summed E-state index contributed by atoms with van der Waals surface area (Å²) in [4.78, 5) is 23.4. The van der Waals surface area contributed by atoms with E-state index in [1.54, 1.807) is 0 Å². The summed E-state index contributed by atoms with van der Waals surface area (Å²) in [5, 5.41) is 63.9. The van der Waals surface area contributed by atoms with E-state index in [9.17, 15) is 44.9 Å². The number of phosphoric acid groups is 1. The molecule has 1 saturated carbocycles. The van der Waals surface area contributed by atoms with Crippen LogP contribution in [0.2, 0.25) is 0 Å². The lowest BCUT2D eigenvalue weighted by atomic mass is 9.85. The van der Waals surface area contributed by atoms with Gasteiger partial charge in [0.2, 0.25) is 5.91 Å². The average Bonchev–Trinajstić information content (AvgIpc) is 3.22. The van der Waals surface area contributed by atoms with Crippen molar-refractivity contribution in [3.8, 4) is 0 Å². The number of amides is 1. The predicted octanol–water partition coefficient (Wildman–Crippen LogP) is 9.23. The molecule has 6 unspecified atom stereocenters. The molecule has 1 rings (SSSR count). The van der Waals surface area contributed by atoms with Gasteiger partial charge in [0.15, 0.2) is 0 Å². The summed E-state index contributed by atoms with van der Waals surface area (Å²) < 4.78 is 22.9. The second-order valence-corrected chi connectivity index (χ2v) is 18.7. The van der Waals surface area contributed by atoms with Crippen LogP contribution in [0.4, 0.5) is 0 Å². The van der Waals surface area contributed by atoms with Crippen LogP contribution >= 0.6 is 7.82 Å². The van der Waals surface area contributed by atoms with Gasteiger partial charge in [0, 0.05) is 6.42 Å². The van der Waals surface area contributed by atoms with Gasteiger partial charge in [-0.25, -0.2) is 4.57 Å². The van der Waals surface area contributed by atoms with Crippen LogP contribution in [-0.2, 0) is 18.4 Å². The van der Waals surface area contributed by atoms with Crippen molar-refractivity contribution in [2.75, 3.05) is 6.61 Å². The maximum atomic E-state index is 12.9. The molecule has 12 nitrogen and oxygen atoms in total.